The lowest BCUT2D eigenvalue weighted by Gasteiger charge is -2.09. The third kappa shape index (κ3) is 6.93. The summed E-state index contributed by atoms with van der Waals surface area (Å²) in [6.45, 7) is 6.14. The second-order valence-corrected chi connectivity index (χ2v) is 5.96. The Labute approximate surface area is 126 Å². The Morgan fingerprint density at radius 2 is 1.67 bits per heavy atom. The number of carboxylic acid groups (broad SMARTS) is 1. The van der Waals surface area contributed by atoms with Crippen molar-refractivity contribution in [1.82, 2.24) is 5.32 Å². The van der Waals surface area contributed by atoms with E-state index in [4.69, 9.17) is 5.11 Å². The van der Waals surface area contributed by atoms with Crippen LogP contribution in [0, 0.1) is 11.8 Å². The summed E-state index contributed by atoms with van der Waals surface area (Å²) in [5, 5.41) is 11.4. The summed E-state index contributed by atoms with van der Waals surface area (Å²) >= 11 is 0. The van der Waals surface area contributed by atoms with Gasteiger partial charge in [-0.3, -0.25) is 9.59 Å². The van der Waals surface area contributed by atoms with Gasteiger partial charge < -0.3 is 10.4 Å². The average molecular weight is 291 g/mol. The number of carbonyl (C=O) groups is 2. The fourth-order valence-corrected chi connectivity index (χ4v) is 2.01. The van der Waals surface area contributed by atoms with Gasteiger partial charge in [-0.05, 0) is 29.9 Å². The molecule has 1 amide bonds. The summed E-state index contributed by atoms with van der Waals surface area (Å²) < 4.78 is 0. The van der Waals surface area contributed by atoms with Gasteiger partial charge in [-0.2, -0.15) is 0 Å². The molecule has 0 aliphatic carbocycles. The van der Waals surface area contributed by atoms with E-state index >= 15 is 0 Å². The second-order valence-electron chi connectivity index (χ2n) is 5.96. The second kappa shape index (κ2) is 8.45. The molecule has 116 valence electrons. The third-order valence-corrected chi connectivity index (χ3v) is 3.33. The fraction of sp³-hybridized carbons (Fsp3) is 0.529. The number of aliphatic carboxylic acids is 1. The van der Waals surface area contributed by atoms with E-state index in [1.165, 1.54) is 5.56 Å². The molecule has 1 aromatic carbocycles. The molecule has 1 unspecified atom stereocenters. The molecule has 21 heavy (non-hydrogen) atoms. The van der Waals surface area contributed by atoms with Crippen molar-refractivity contribution < 1.29 is 14.7 Å². The summed E-state index contributed by atoms with van der Waals surface area (Å²) in [5.74, 6) is -0.910. The first-order valence-corrected chi connectivity index (χ1v) is 7.45. The molecule has 0 fully saturated rings. The maximum absolute atomic E-state index is 11.7. The van der Waals surface area contributed by atoms with E-state index in [-0.39, 0.29) is 12.5 Å². The number of rotatable bonds is 8. The predicted molar refractivity (Wildman–Crippen MR) is 83.1 cm³/mol. The zero-order chi connectivity index (χ0) is 15.8. The molecule has 0 radical (unpaired) electrons. The Balaban J connectivity index is 2.34. The number of nitrogens with one attached hydrogen (secondary N) is 1. The normalized spacial score (nSPS) is 12.2. The maximum Gasteiger partial charge on any atom is 0.308 e. The van der Waals surface area contributed by atoms with Crippen molar-refractivity contribution >= 4 is 11.9 Å². The lowest BCUT2D eigenvalue weighted by atomic mass is 10.0. The van der Waals surface area contributed by atoms with E-state index in [9.17, 15) is 9.59 Å². The van der Waals surface area contributed by atoms with Crippen LogP contribution in [0.15, 0.2) is 24.3 Å². The molecular weight excluding hydrogens is 266 g/mol. The summed E-state index contributed by atoms with van der Waals surface area (Å²) in [6.07, 6.45) is 2.12. The Morgan fingerprint density at radius 3 is 2.19 bits per heavy atom. The van der Waals surface area contributed by atoms with Gasteiger partial charge in [-0.1, -0.05) is 45.0 Å². The van der Waals surface area contributed by atoms with Crippen LogP contribution in [0.25, 0.3) is 0 Å². The summed E-state index contributed by atoms with van der Waals surface area (Å²) in [7, 11) is 0. The van der Waals surface area contributed by atoms with Crippen molar-refractivity contribution in [3.63, 3.8) is 0 Å². The Hall–Kier alpha value is -1.84. The van der Waals surface area contributed by atoms with Gasteiger partial charge in [-0.15, -0.1) is 0 Å². The quantitative estimate of drug-likeness (QED) is 0.774. The molecule has 1 aromatic rings. The van der Waals surface area contributed by atoms with E-state index in [1.54, 1.807) is 6.92 Å². The highest BCUT2D eigenvalue weighted by atomic mass is 16.4. The average Bonchev–Trinajstić information content (AvgIpc) is 2.43. The van der Waals surface area contributed by atoms with Crippen LogP contribution in [0.4, 0.5) is 0 Å². The molecule has 0 aromatic heterocycles. The highest BCUT2D eigenvalue weighted by molar-refractivity contribution is 5.77. The lowest BCUT2D eigenvalue weighted by Crippen LogP contribution is -2.31. The molecule has 0 saturated carbocycles. The maximum atomic E-state index is 11.7. The largest absolute Gasteiger partial charge is 0.481 e. The van der Waals surface area contributed by atoms with Crippen LogP contribution in [0.3, 0.4) is 0 Å². The molecule has 1 rings (SSSR count). The molecule has 4 heteroatoms. The fourth-order valence-electron chi connectivity index (χ4n) is 2.01. The van der Waals surface area contributed by atoms with Gasteiger partial charge in [0.05, 0.1) is 5.92 Å². The summed E-state index contributed by atoms with van der Waals surface area (Å²) in [5.41, 5.74) is 2.44. The molecule has 2 N–H and O–H groups in total. The van der Waals surface area contributed by atoms with Gasteiger partial charge in [0.15, 0.2) is 0 Å². The minimum atomic E-state index is -0.893. The van der Waals surface area contributed by atoms with Crippen LogP contribution in [-0.2, 0) is 22.4 Å². The zero-order valence-electron chi connectivity index (χ0n) is 13.1. The minimum Gasteiger partial charge on any atom is -0.481 e. The van der Waals surface area contributed by atoms with Crippen LogP contribution < -0.4 is 5.32 Å². The Kier molecular flexibility index (Phi) is 6.92. The monoisotopic (exact) mass is 291 g/mol. The molecule has 0 aliphatic heterocycles. The molecule has 4 nitrogen and oxygen atoms in total. The van der Waals surface area contributed by atoms with Gasteiger partial charge in [0.25, 0.3) is 0 Å². The molecule has 0 saturated heterocycles. The molecule has 0 heterocycles. The van der Waals surface area contributed by atoms with E-state index in [2.05, 4.69) is 43.4 Å². The van der Waals surface area contributed by atoms with Gasteiger partial charge in [0.1, 0.15) is 0 Å². The van der Waals surface area contributed by atoms with Crippen molar-refractivity contribution in [2.24, 2.45) is 11.8 Å². The molecular formula is C17H25NO3. The number of carboxylic acids is 1. The van der Waals surface area contributed by atoms with E-state index in [1.807, 2.05) is 0 Å². The van der Waals surface area contributed by atoms with Crippen molar-refractivity contribution in [1.29, 1.82) is 0 Å². The van der Waals surface area contributed by atoms with E-state index in [0.717, 1.165) is 12.0 Å². The molecule has 0 bridgehead atoms. The molecule has 0 spiro atoms. The van der Waals surface area contributed by atoms with Crippen molar-refractivity contribution in [2.45, 2.75) is 40.0 Å². The smallest absolute Gasteiger partial charge is 0.308 e. The summed E-state index contributed by atoms with van der Waals surface area (Å²) in [4.78, 5) is 22.3. The first-order chi connectivity index (χ1) is 9.88. The van der Waals surface area contributed by atoms with Crippen LogP contribution in [0.5, 0.6) is 0 Å². The SMILES string of the molecule is CC(C)Cc1ccc(CCC(=O)NCC(C)C(=O)O)cc1. The number of carbonyl (C=O) groups excluding carboxylic acids is 1. The summed E-state index contributed by atoms with van der Waals surface area (Å²) in [6, 6.07) is 8.34. The third-order valence-electron chi connectivity index (χ3n) is 3.33. The van der Waals surface area contributed by atoms with Gasteiger partial charge in [-0.25, -0.2) is 0 Å². The van der Waals surface area contributed by atoms with Gasteiger partial charge in [0.2, 0.25) is 5.91 Å². The van der Waals surface area contributed by atoms with E-state index < -0.39 is 11.9 Å². The first-order valence-electron chi connectivity index (χ1n) is 7.45. The topological polar surface area (TPSA) is 66.4 Å². The van der Waals surface area contributed by atoms with Crippen LogP contribution in [-0.4, -0.2) is 23.5 Å². The molecule has 0 aliphatic rings. The highest BCUT2D eigenvalue weighted by Crippen LogP contribution is 2.11. The Morgan fingerprint density at radius 1 is 1.10 bits per heavy atom. The number of amides is 1. The van der Waals surface area contributed by atoms with Crippen molar-refractivity contribution in [2.75, 3.05) is 6.54 Å². The molecule has 1 atom stereocenters. The van der Waals surface area contributed by atoms with Crippen LogP contribution in [0.1, 0.15) is 38.3 Å². The van der Waals surface area contributed by atoms with Crippen molar-refractivity contribution in [3.05, 3.63) is 35.4 Å². The Bertz CT molecular complexity index is 465. The van der Waals surface area contributed by atoms with Gasteiger partial charge in [0, 0.05) is 13.0 Å². The number of hydrogen-bond donors (Lipinski definition) is 2. The standard InChI is InChI=1S/C17H25NO3/c1-12(2)10-15-6-4-14(5-7-15)8-9-16(19)18-11-13(3)17(20)21/h4-7,12-13H,8-11H2,1-3H3,(H,18,19)(H,20,21). The number of hydrogen-bond acceptors (Lipinski definition) is 2. The predicted octanol–water partition coefficient (Wildman–Crippen LogP) is 2.65. The van der Waals surface area contributed by atoms with Crippen LogP contribution in [0.2, 0.25) is 0 Å². The highest BCUT2D eigenvalue weighted by Gasteiger charge is 2.12. The number of aryl methyl sites for hydroxylation is 1. The number of benzene rings is 1. The van der Waals surface area contributed by atoms with Crippen molar-refractivity contribution in [3.8, 4) is 0 Å². The first kappa shape index (κ1) is 17.2. The minimum absolute atomic E-state index is 0.102. The van der Waals surface area contributed by atoms with E-state index in [0.29, 0.717) is 18.8 Å². The lowest BCUT2D eigenvalue weighted by molar-refractivity contribution is -0.141. The van der Waals surface area contributed by atoms with Gasteiger partial charge >= 0.3 is 5.97 Å². The zero-order valence-corrected chi connectivity index (χ0v) is 13.1. The van der Waals surface area contributed by atoms with Crippen LogP contribution >= 0.6 is 0 Å².